The van der Waals surface area contributed by atoms with Crippen molar-refractivity contribution in [3.8, 4) is 0 Å². The van der Waals surface area contributed by atoms with Crippen molar-refractivity contribution in [2.24, 2.45) is 17.4 Å². The lowest BCUT2D eigenvalue weighted by atomic mass is 10.0. The van der Waals surface area contributed by atoms with Crippen LogP contribution >= 0.6 is 0 Å². The Morgan fingerprint density at radius 1 is 0.549 bits per heavy atom. The Labute approximate surface area is 404 Å². The first kappa shape index (κ1) is 59.6. The average Bonchev–Trinajstić information content (AvgIpc) is 4.01. The maximum absolute atomic E-state index is 14.1. The van der Waals surface area contributed by atoms with Gasteiger partial charge in [0, 0.05) is 25.8 Å². The van der Waals surface area contributed by atoms with Gasteiger partial charge in [0.15, 0.2) is 0 Å². The molecule has 0 aromatic heterocycles. The Hall–Kier alpha value is -7.50. The summed E-state index contributed by atoms with van der Waals surface area (Å²) < 4.78 is 0. The number of carboxylic acids is 4. The van der Waals surface area contributed by atoms with E-state index >= 15 is 0 Å². The van der Waals surface area contributed by atoms with Crippen molar-refractivity contribution in [2.75, 3.05) is 19.7 Å². The van der Waals surface area contributed by atoms with E-state index in [4.69, 9.17) is 16.6 Å². The molecule has 0 unspecified atom stereocenters. The predicted molar refractivity (Wildman–Crippen MR) is 237 cm³/mol. The van der Waals surface area contributed by atoms with Crippen LogP contribution in [0.2, 0.25) is 0 Å². The molecule has 71 heavy (non-hydrogen) atoms. The number of hydrogen-bond donors (Lipinski definition) is 15. The first-order valence-electron chi connectivity index (χ1n) is 22.5. The van der Waals surface area contributed by atoms with Gasteiger partial charge in [0.05, 0.1) is 25.5 Å². The summed E-state index contributed by atoms with van der Waals surface area (Å²) in [6.07, 6.45) is -3.97. The third-order valence-corrected chi connectivity index (χ3v) is 11.2. The van der Waals surface area contributed by atoms with E-state index in [1.54, 1.807) is 0 Å². The molecule has 2 aliphatic heterocycles. The number of nitrogens with one attached hydrogen (secondary N) is 8. The summed E-state index contributed by atoms with van der Waals surface area (Å²) in [4.78, 5) is 178. The molecular formula is C41H63N11O19. The van der Waals surface area contributed by atoms with Crippen molar-refractivity contribution < 1.29 is 92.7 Å². The molecule has 2 rings (SSSR count). The van der Waals surface area contributed by atoms with Gasteiger partial charge in [0.25, 0.3) is 0 Å². The van der Waals surface area contributed by atoms with E-state index in [-0.39, 0.29) is 25.8 Å². The molecule has 2 heterocycles. The van der Waals surface area contributed by atoms with Crippen LogP contribution in [0.5, 0.6) is 0 Å². The fourth-order valence-electron chi connectivity index (χ4n) is 7.41. The number of carbonyl (C=O) groups is 14. The number of hydrogen-bond acceptors (Lipinski definition) is 16. The smallest absolute Gasteiger partial charge is 0.326 e. The first-order chi connectivity index (χ1) is 33.2. The van der Waals surface area contributed by atoms with Gasteiger partial charge in [-0.2, -0.15) is 0 Å². The second-order valence-corrected chi connectivity index (χ2v) is 17.1. The van der Waals surface area contributed by atoms with E-state index in [1.165, 1.54) is 13.8 Å². The molecule has 9 atom stereocenters. The van der Waals surface area contributed by atoms with Crippen molar-refractivity contribution in [3.63, 3.8) is 0 Å². The van der Waals surface area contributed by atoms with Gasteiger partial charge in [-0.05, 0) is 57.4 Å². The number of nitrogens with zero attached hydrogens (tertiary/aromatic N) is 1. The molecule has 2 fully saturated rings. The largest absolute Gasteiger partial charge is 0.481 e. The molecular weight excluding hydrogens is 951 g/mol. The minimum Gasteiger partial charge on any atom is -0.481 e. The number of aliphatic hydroxyl groups excluding tert-OH is 1. The van der Waals surface area contributed by atoms with Crippen LogP contribution in [0.15, 0.2) is 0 Å². The monoisotopic (exact) mass is 1010 g/mol. The van der Waals surface area contributed by atoms with Gasteiger partial charge in [-0.1, -0.05) is 13.8 Å². The number of aliphatic hydroxyl groups is 1. The fraction of sp³-hybridized carbons (Fsp3) is 0.659. The summed E-state index contributed by atoms with van der Waals surface area (Å²) in [7, 11) is 0. The molecule has 30 heteroatoms. The molecule has 0 aromatic carbocycles. The van der Waals surface area contributed by atoms with Crippen molar-refractivity contribution >= 4 is 82.9 Å². The molecule has 0 saturated carbocycles. The van der Waals surface area contributed by atoms with E-state index in [0.717, 1.165) is 4.90 Å². The van der Waals surface area contributed by atoms with E-state index in [0.29, 0.717) is 19.4 Å². The second kappa shape index (κ2) is 28.9. The van der Waals surface area contributed by atoms with Crippen LogP contribution in [0.1, 0.15) is 90.9 Å². The summed E-state index contributed by atoms with van der Waals surface area (Å²) >= 11 is 0. The molecule has 30 nitrogen and oxygen atoms in total. The first-order valence-corrected chi connectivity index (χ1v) is 22.5. The molecule has 0 spiro atoms. The average molecular weight is 1010 g/mol. The van der Waals surface area contributed by atoms with E-state index in [9.17, 15) is 87.5 Å². The van der Waals surface area contributed by atoms with E-state index in [2.05, 4.69) is 31.9 Å². The van der Waals surface area contributed by atoms with Gasteiger partial charge in [-0.15, -0.1) is 0 Å². The molecule has 0 bridgehead atoms. The quantitative estimate of drug-likeness (QED) is 0.0307. The Kier molecular flexibility index (Phi) is 24.2. The van der Waals surface area contributed by atoms with Crippen molar-refractivity contribution in [2.45, 2.75) is 145 Å². The zero-order valence-electron chi connectivity index (χ0n) is 38.9. The number of aliphatic carboxylic acids is 4. The van der Waals surface area contributed by atoms with Crippen LogP contribution in [0.25, 0.3) is 0 Å². The highest BCUT2D eigenvalue weighted by molar-refractivity contribution is 5.99. The third kappa shape index (κ3) is 20.2. The van der Waals surface area contributed by atoms with E-state index < -0.39 is 195 Å². The van der Waals surface area contributed by atoms with Crippen molar-refractivity contribution in [1.82, 2.24) is 47.4 Å². The molecule has 17 N–H and O–H groups in total. The highest BCUT2D eigenvalue weighted by atomic mass is 16.4. The number of amides is 10. The maximum atomic E-state index is 14.1. The van der Waals surface area contributed by atoms with Crippen molar-refractivity contribution in [3.05, 3.63) is 0 Å². The topological polar surface area (TPSA) is 492 Å². The highest BCUT2D eigenvalue weighted by Crippen LogP contribution is 2.21. The summed E-state index contributed by atoms with van der Waals surface area (Å²) in [5.74, 6) is -17.3. The standard InChI is InChI=1S/C41H63N11O19/c1-18(2)32(51-38(67)26-6-4-14-52(26)40(69)21(7-10-27(42)54)46-35(64)23(15-28(43)55)48-33(62)19-5-3-13-44-19)39(68)45-20(8-11-29(56)57)34(63)50-25(17-53)37(66)49-24(16-31(60)61)36(65)47-22(41(70)71)9-12-30(58)59/h18-26,32,44,53H,3-17H2,1-2H3,(H2,42,54)(H2,43,55)(H,45,68)(H,46,64)(H,47,65)(H,48,62)(H,49,66)(H,50,63)(H,51,67)(H,56,57)(H,58,59)(H,60,61)(H,70,71)/t19-,20-,21-,22-,23-,24-,25-,26-,32-/m0/s1. The van der Waals surface area contributed by atoms with Crippen LogP contribution in [-0.2, 0) is 67.1 Å². The molecule has 2 saturated heterocycles. The lowest BCUT2D eigenvalue weighted by Crippen LogP contribution is -2.61. The van der Waals surface area contributed by atoms with Crippen molar-refractivity contribution in [1.29, 1.82) is 0 Å². The minimum absolute atomic E-state index is 0.0311. The van der Waals surface area contributed by atoms with Gasteiger partial charge < -0.3 is 84.4 Å². The number of primary amides is 2. The highest BCUT2D eigenvalue weighted by Gasteiger charge is 2.41. The van der Waals surface area contributed by atoms with Crippen LogP contribution in [0.4, 0.5) is 0 Å². The molecule has 2 aliphatic rings. The Morgan fingerprint density at radius 2 is 1.06 bits per heavy atom. The normalized spacial score (nSPS) is 18.2. The van der Waals surface area contributed by atoms with Crippen LogP contribution < -0.4 is 54.0 Å². The fourth-order valence-corrected chi connectivity index (χ4v) is 7.41. The molecule has 0 aromatic rings. The molecule has 0 aliphatic carbocycles. The third-order valence-electron chi connectivity index (χ3n) is 11.2. The number of likely N-dealkylation sites (tertiary alicyclic amines) is 1. The summed E-state index contributed by atoms with van der Waals surface area (Å²) in [5.41, 5.74) is 10.7. The van der Waals surface area contributed by atoms with Crippen LogP contribution in [-0.4, -0.2) is 187 Å². The van der Waals surface area contributed by atoms with Gasteiger partial charge in [0.2, 0.25) is 59.1 Å². The van der Waals surface area contributed by atoms with Gasteiger partial charge in [-0.25, -0.2) is 4.79 Å². The zero-order valence-corrected chi connectivity index (χ0v) is 38.9. The Balaban J connectivity index is 2.29. The second-order valence-electron chi connectivity index (χ2n) is 17.1. The van der Waals surface area contributed by atoms with E-state index in [1.807, 2.05) is 10.6 Å². The van der Waals surface area contributed by atoms with Gasteiger partial charge in [0.1, 0.15) is 48.3 Å². The lowest BCUT2D eigenvalue weighted by molar-refractivity contribution is -0.144. The summed E-state index contributed by atoms with van der Waals surface area (Å²) in [5, 5.41) is 65.6. The summed E-state index contributed by atoms with van der Waals surface area (Å²) in [6, 6.07) is -14.2. The number of rotatable bonds is 31. The predicted octanol–water partition coefficient (Wildman–Crippen LogP) is -6.80. The van der Waals surface area contributed by atoms with Crippen LogP contribution in [0.3, 0.4) is 0 Å². The SMILES string of the molecule is CC(C)[C@H](NC(=O)[C@@H]1CCCN1C(=O)[C@H](CCC(N)=O)NC(=O)[C@H](CC(N)=O)NC(=O)[C@@H]1CCCN1)C(=O)N[C@@H](CCC(=O)O)C(=O)N[C@@H](CO)C(=O)N[C@@H](CC(=O)O)C(=O)N[C@@H](CCC(=O)O)C(=O)O. The minimum atomic E-state index is -2.04. The maximum Gasteiger partial charge on any atom is 0.326 e. The molecule has 10 amide bonds. The van der Waals surface area contributed by atoms with Crippen LogP contribution in [0, 0.1) is 5.92 Å². The number of nitrogens with two attached hydrogens (primary N) is 2. The Bertz CT molecular complexity index is 2030. The summed E-state index contributed by atoms with van der Waals surface area (Å²) in [6.45, 7) is 2.21. The molecule has 0 radical (unpaired) electrons. The van der Waals surface area contributed by atoms with Gasteiger partial charge >= 0.3 is 23.9 Å². The lowest BCUT2D eigenvalue weighted by Gasteiger charge is -2.31. The zero-order chi connectivity index (χ0) is 53.7. The number of carbonyl (C=O) groups excluding carboxylic acids is 10. The number of carboxylic acid groups (broad SMARTS) is 4. The molecule has 396 valence electrons. The Morgan fingerprint density at radius 3 is 1.56 bits per heavy atom. The van der Waals surface area contributed by atoms with Gasteiger partial charge in [-0.3, -0.25) is 62.3 Å².